The van der Waals surface area contributed by atoms with Crippen LogP contribution in [0.15, 0.2) is 12.4 Å². The van der Waals surface area contributed by atoms with Crippen molar-refractivity contribution in [1.82, 2.24) is 14.9 Å². The molecule has 0 aromatic carbocycles. The number of amides is 1. The fraction of sp³-hybridized carbons (Fsp3) is 0.722. The van der Waals surface area contributed by atoms with E-state index in [1.807, 2.05) is 4.90 Å². The van der Waals surface area contributed by atoms with Gasteiger partial charge < -0.3 is 19.3 Å². The molecule has 0 unspecified atom stereocenters. The Morgan fingerprint density at radius 2 is 1.68 bits per heavy atom. The van der Waals surface area contributed by atoms with Crippen LogP contribution in [0.4, 0.5) is 5.95 Å². The van der Waals surface area contributed by atoms with Gasteiger partial charge in [0.25, 0.3) is 5.91 Å². The number of hydrogen-bond donors (Lipinski definition) is 0. The molecular weight excluding hydrogens is 320 g/mol. The van der Waals surface area contributed by atoms with E-state index in [1.165, 1.54) is 0 Å². The van der Waals surface area contributed by atoms with E-state index in [-0.39, 0.29) is 5.91 Å². The molecule has 4 rings (SSSR count). The fourth-order valence-electron chi connectivity index (χ4n) is 3.82. The van der Waals surface area contributed by atoms with E-state index in [2.05, 4.69) is 21.8 Å². The highest BCUT2D eigenvalue weighted by atomic mass is 16.7. The highest BCUT2D eigenvalue weighted by Gasteiger charge is 2.40. The maximum atomic E-state index is 12.6. The van der Waals surface area contributed by atoms with Gasteiger partial charge in [-0.05, 0) is 18.8 Å². The minimum absolute atomic E-state index is 0.0452. The summed E-state index contributed by atoms with van der Waals surface area (Å²) >= 11 is 0. The zero-order chi connectivity index (χ0) is 17.3. The van der Waals surface area contributed by atoms with Crippen molar-refractivity contribution >= 4 is 11.9 Å². The molecule has 0 bridgehead atoms. The summed E-state index contributed by atoms with van der Waals surface area (Å²) < 4.78 is 11.5. The lowest BCUT2D eigenvalue weighted by Gasteiger charge is -2.37. The van der Waals surface area contributed by atoms with E-state index >= 15 is 0 Å². The zero-order valence-electron chi connectivity index (χ0n) is 14.8. The smallest absolute Gasteiger partial charge is 0.256 e. The molecule has 7 nitrogen and oxygen atoms in total. The zero-order valence-corrected chi connectivity index (χ0v) is 14.8. The second kappa shape index (κ2) is 6.88. The van der Waals surface area contributed by atoms with Crippen LogP contribution in [-0.4, -0.2) is 66.0 Å². The van der Waals surface area contributed by atoms with E-state index in [4.69, 9.17) is 9.47 Å². The van der Waals surface area contributed by atoms with Crippen molar-refractivity contribution in [2.24, 2.45) is 5.92 Å². The predicted octanol–water partition coefficient (Wildman–Crippen LogP) is 1.69. The third-order valence-corrected chi connectivity index (χ3v) is 5.58. The summed E-state index contributed by atoms with van der Waals surface area (Å²) in [6.07, 6.45) is 7.12. The molecule has 1 amide bonds. The van der Waals surface area contributed by atoms with Crippen LogP contribution >= 0.6 is 0 Å². The molecular formula is C18H26N4O3. The number of carbonyl (C=O) groups excluding carboxylic acids is 1. The van der Waals surface area contributed by atoms with Gasteiger partial charge in [-0.1, -0.05) is 6.92 Å². The average Bonchev–Trinajstić information content (AvgIpc) is 3.11. The number of anilines is 1. The normalized spacial score (nSPS) is 24.0. The minimum Gasteiger partial charge on any atom is -0.347 e. The first-order valence-electron chi connectivity index (χ1n) is 9.29. The molecule has 136 valence electrons. The van der Waals surface area contributed by atoms with Gasteiger partial charge in [0.2, 0.25) is 5.95 Å². The molecule has 0 N–H and O–H groups in total. The van der Waals surface area contributed by atoms with Gasteiger partial charge in [0.05, 0.1) is 18.8 Å². The van der Waals surface area contributed by atoms with Crippen molar-refractivity contribution < 1.29 is 14.3 Å². The number of nitrogens with zero attached hydrogens (tertiary/aromatic N) is 4. The Kier molecular flexibility index (Phi) is 4.60. The maximum absolute atomic E-state index is 12.6. The van der Waals surface area contributed by atoms with Gasteiger partial charge >= 0.3 is 0 Å². The first kappa shape index (κ1) is 16.7. The molecule has 3 saturated heterocycles. The highest BCUT2D eigenvalue weighted by Crippen LogP contribution is 2.32. The van der Waals surface area contributed by atoms with Gasteiger partial charge in [-0.15, -0.1) is 0 Å². The Bertz CT molecular complexity index is 597. The monoisotopic (exact) mass is 346 g/mol. The van der Waals surface area contributed by atoms with E-state index < -0.39 is 5.79 Å². The van der Waals surface area contributed by atoms with Crippen LogP contribution in [0.1, 0.15) is 43.0 Å². The van der Waals surface area contributed by atoms with E-state index in [9.17, 15) is 4.79 Å². The van der Waals surface area contributed by atoms with Crippen LogP contribution in [-0.2, 0) is 9.47 Å². The standard InChI is InChI=1S/C18H26N4O3/c1-14-2-6-21(7-3-14)16(23)15-12-19-17(20-13-15)22-8-4-18(5-9-22)24-10-11-25-18/h12-14H,2-11H2,1H3. The second-order valence-electron chi connectivity index (χ2n) is 7.34. The number of piperidine rings is 2. The van der Waals surface area contributed by atoms with Crippen LogP contribution in [0.25, 0.3) is 0 Å². The van der Waals surface area contributed by atoms with Crippen LogP contribution in [0.3, 0.4) is 0 Å². The van der Waals surface area contributed by atoms with Gasteiger partial charge in [-0.2, -0.15) is 0 Å². The van der Waals surface area contributed by atoms with E-state index in [1.54, 1.807) is 12.4 Å². The summed E-state index contributed by atoms with van der Waals surface area (Å²) in [5, 5.41) is 0. The lowest BCUT2D eigenvalue weighted by molar-refractivity contribution is -0.169. The number of carbonyl (C=O) groups is 1. The largest absolute Gasteiger partial charge is 0.347 e. The molecule has 0 aliphatic carbocycles. The third kappa shape index (κ3) is 3.48. The van der Waals surface area contributed by atoms with Gasteiger partial charge in [-0.3, -0.25) is 4.79 Å². The molecule has 1 aromatic rings. The lowest BCUT2D eigenvalue weighted by atomic mass is 9.99. The lowest BCUT2D eigenvalue weighted by Crippen LogP contribution is -2.45. The second-order valence-corrected chi connectivity index (χ2v) is 7.34. The van der Waals surface area contributed by atoms with Gasteiger partial charge in [0, 0.05) is 51.4 Å². The van der Waals surface area contributed by atoms with Crippen molar-refractivity contribution in [2.75, 3.05) is 44.3 Å². The number of likely N-dealkylation sites (tertiary alicyclic amines) is 1. The molecule has 1 aromatic heterocycles. The predicted molar refractivity (Wildman–Crippen MR) is 92.4 cm³/mol. The topological polar surface area (TPSA) is 67.8 Å². The third-order valence-electron chi connectivity index (χ3n) is 5.58. The van der Waals surface area contributed by atoms with Crippen molar-refractivity contribution in [1.29, 1.82) is 0 Å². The van der Waals surface area contributed by atoms with Gasteiger partial charge in [0.1, 0.15) is 0 Å². The number of hydrogen-bond acceptors (Lipinski definition) is 6. The molecule has 3 aliphatic heterocycles. The first-order chi connectivity index (χ1) is 12.2. The maximum Gasteiger partial charge on any atom is 0.256 e. The Balaban J connectivity index is 1.36. The van der Waals surface area contributed by atoms with Crippen LogP contribution in [0.2, 0.25) is 0 Å². The van der Waals surface area contributed by atoms with Crippen molar-refractivity contribution in [3.05, 3.63) is 18.0 Å². The Hall–Kier alpha value is -1.73. The molecule has 1 spiro atoms. The fourth-order valence-corrected chi connectivity index (χ4v) is 3.82. The summed E-state index contributed by atoms with van der Waals surface area (Å²) in [4.78, 5) is 25.5. The van der Waals surface area contributed by atoms with Crippen LogP contribution < -0.4 is 4.90 Å². The molecule has 7 heteroatoms. The minimum atomic E-state index is -0.391. The summed E-state index contributed by atoms with van der Waals surface area (Å²) in [5.74, 6) is 1.04. The molecule has 4 heterocycles. The molecule has 25 heavy (non-hydrogen) atoms. The Labute approximate surface area is 148 Å². The molecule has 3 aliphatic rings. The summed E-state index contributed by atoms with van der Waals surface area (Å²) in [6, 6.07) is 0. The number of aromatic nitrogens is 2. The summed E-state index contributed by atoms with van der Waals surface area (Å²) in [7, 11) is 0. The van der Waals surface area contributed by atoms with Crippen LogP contribution in [0, 0.1) is 5.92 Å². The van der Waals surface area contributed by atoms with Gasteiger partial charge in [-0.25, -0.2) is 9.97 Å². The highest BCUT2D eigenvalue weighted by molar-refractivity contribution is 5.93. The van der Waals surface area contributed by atoms with E-state index in [0.717, 1.165) is 51.9 Å². The molecule has 0 radical (unpaired) electrons. The average molecular weight is 346 g/mol. The molecule has 0 saturated carbocycles. The summed E-state index contributed by atoms with van der Waals surface area (Å²) in [6.45, 7) is 6.87. The van der Waals surface area contributed by atoms with Crippen LogP contribution in [0.5, 0.6) is 0 Å². The molecule has 3 fully saturated rings. The van der Waals surface area contributed by atoms with E-state index in [0.29, 0.717) is 30.6 Å². The van der Waals surface area contributed by atoms with Gasteiger partial charge in [0.15, 0.2) is 5.79 Å². The quantitative estimate of drug-likeness (QED) is 0.812. The van der Waals surface area contributed by atoms with Crippen molar-refractivity contribution in [2.45, 2.75) is 38.4 Å². The first-order valence-corrected chi connectivity index (χ1v) is 9.29. The summed E-state index contributed by atoms with van der Waals surface area (Å²) in [5.41, 5.74) is 0.578. The Morgan fingerprint density at radius 1 is 1.08 bits per heavy atom. The van der Waals surface area contributed by atoms with Crippen molar-refractivity contribution in [3.63, 3.8) is 0 Å². The number of rotatable bonds is 2. The van der Waals surface area contributed by atoms with Crippen molar-refractivity contribution in [3.8, 4) is 0 Å². The number of ether oxygens (including phenoxy) is 2. The molecule has 0 atom stereocenters. The SMILES string of the molecule is CC1CCN(C(=O)c2cnc(N3CCC4(CC3)OCCO4)nc2)CC1. The Morgan fingerprint density at radius 3 is 2.28 bits per heavy atom.